The monoisotopic (exact) mass is 207 g/mol. The van der Waals surface area contributed by atoms with Crippen LogP contribution in [0, 0.1) is 0 Å². The van der Waals surface area contributed by atoms with E-state index in [4.69, 9.17) is 5.73 Å². The molecule has 0 saturated carbocycles. The lowest BCUT2D eigenvalue weighted by atomic mass is 10.0. The van der Waals surface area contributed by atoms with Gasteiger partial charge >= 0.3 is 0 Å². The van der Waals surface area contributed by atoms with E-state index in [-0.39, 0.29) is 12.1 Å². The SMILES string of the molecule is NC(=O)c1ccc2n1C1NNNC1CC2. The summed E-state index contributed by atoms with van der Waals surface area (Å²) in [5.74, 6) is -0.379. The van der Waals surface area contributed by atoms with Gasteiger partial charge in [0.15, 0.2) is 0 Å². The Balaban J connectivity index is 2.09. The Labute approximate surface area is 86.8 Å². The molecule has 1 saturated heterocycles. The molecule has 0 aliphatic carbocycles. The van der Waals surface area contributed by atoms with Crippen LogP contribution in [0.3, 0.4) is 0 Å². The van der Waals surface area contributed by atoms with Crippen LogP contribution >= 0.6 is 0 Å². The quantitative estimate of drug-likeness (QED) is 0.476. The van der Waals surface area contributed by atoms with E-state index in [0.717, 1.165) is 18.5 Å². The second kappa shape index (κ2) is 3.06. The molecule has 1 fully saturated rings. The third-order valence-electron chi connectivity index (χ3n) is 3.10. The molecule has 3 heterocycles. The Morgan fingerprint density at radius 3 is 3.13 bits per heavy atom. The normalized spacial score (nSPS) is 28.5. The number of aryl methyl sites for hydroxylation is 1. The summed E-state index contributed by atoms with van der Waals surface area (Å²) in [6.45, 7) is 0. The van der Waals surface area contributed by atoms with Crippen LogP contribution in [0.2, 0.25) is 0 Å². The first kappa shape index (κ1) is 8.90. The fourth-order valence-electron chi connectivity index (χ4n) is 2.39. The third-order valence-corrected chi connectivity index (χ3v) is 3.10. The molecule has 1 aromatic rings. The third kappa shape index (κ3) is 1.19. The van der Waals surface area contributed by atoms with Gasteiger partial charge in [-0.3, -0.25) is 4.79 Å². The van der Waals surface area contributed by atoms with Crippen molar-refractivity contribution in [2.24, 2.45) is 5.73 Å². The number of hydrazine groups is 2. The lowest BCUT2D eigenvalue weighted by molar-refractivity contribution is 0.0986. The molecule has 6 nitrogen and oxygen atoms in total. The largest absolute Gasteiger partial charge is 0.364 e. The van der Waals surface area contributed by atoms with Crippen LogP contribution in [0.25, 0.3) is 0 Å². The van der Waals surface area contributed by atoms with Crippen molar-refractivity contribution in [3.8, 4) is 0 Å². The second-order valence-electron chi connectivity index (χ2n) is 3.95. The van der Waals surface area contributed by atoms with Crippen molar-refractivity contribution in [2.75, 3.05) is 0 Å². The minimum Gasteiger partial charge on any atom is -0.364 e. The number of carbonyl (C=O) groups is 1. The number of nitrogens with zero attached hydrogens (tertiary/aromatic N) is 1. The van der Waals surface area contributed by atoms with Crippen LogP contribution in [0.4, 0.5) is 0 Å². The molecule has 0 spiro atoms. The zero-order valence-corrected chi connectivity index (χ0v) is 8.16. The van der Waals surface area contributed by atoms with E-state index >= 15 is 0 Å². The molecule has 2 aliphatic rings. The summed E-state index contributed by atoms with van der Waals surface area (Å²) in [5.41, 5.74) is 16.2. The van der Waals surface area contributed by atoms with Crippen molar-refractivity contribution < 1.29 is 4.79 Å². The summed E-state index contributed by atoms with van der Waals surface area (Å²) in [5, 5.41) is 0. The summed E-state index contributed by atoms with van der Waals surface area (Å²) >= 11 is 0. The minimum atomic E-state index is -0.379. The average Bonchev–Trinajstić information content (AvgIpc) is 2.82. The standard InChI is InChI=1S/C9H13N5O/c10-8(15)7-4-2-5-1-3-6-9(14(5)7)12-13-11-6/h2,4,6,9,11-13H,1,3H2,(H2,10,15). The van der Waals surface area contributed by atoms with Gasteiger partial charge in [0.2, 0.25) is 0 Å². The number of nitrogens with one attached hydrogen (secondary N) is 3. The number of fused-ring (bicyclic) bond motifs is 3. The number of rotatable bonds is 1. The van der Waals surface area contributed by atoms with E-state index in [1.54, 1.807) is 6.07 Å². The number of amides is 1. The number of nitrogens with two attached hydrogens (primary N) is 1. The summed E-state index contributed by atoms with van der Waals surface area (Å²) in [6, 6.07) is 4.07. The summed E-state index contributed by atoms with van der Waals surface area (Å²) in [4.78, 5) is 11.3. The van der Waals surface area contributed by atoms with E-state index in [1.165, 1.54) is 0 Å². The highest BCUT2D eigenvalue weighted by Gasteiger charge is 2.34. The number of hydrogen-bond donors (Lipinski definition) is 4. The zero-order valence-electron chi connectivity index (χ0n) is 8.16. The molecule has 0 bridgehead atoms. The second-order valence-corrected chi connectivity index (χ2v) is 3.95. The Morgan fingerprint density at radius 2 is 2.33 bits per heavy atom. The lowest BCUT2D eigenvalue weighted by Gasteiger charge is -2.28. The molecule has 3 rings (SSSR count). The summed E-state index contributed by atoms with van der Waals surface area (Å²) in [7, 11) is 0. The van der Waals surface area contributed by atoms with Crippen molar-refractivity contribution in [3.05, 3.63) is 23.5 Å². The van der Waals surface area contributed by atoms with Crippen LogP contribution in [0.15, 0.2) is 12.1 Å². The van der Waals surface area contributed by atoms with Gasteiger partial charge in [0.1, 0.15) is 11.9 Å². The van der Waals surface area contributed by atoms with Crippen molar-refractivity contribution in [3.63, 3.8) is 0 Å². The van der Waals surface area contributed by atoms with Crippen molar-refractivity contribution >= 4 is 5.91 Å². The molecule has 6 heteroatoms. The fraction of sp³-hybridized carbons (Fsp3) is 0.444. The molecule has 15 heavy (non-hydrogen) atoms. The first-order chi connectivity index (χ1) is 7.27. The van der Waals surface area contributed by atoms with Gasteiger partial charge in [0.25, 0.3) is 5.91 Å². The Morgan fingerprint density at radius 1 is 1.47 bits per heavy atom. The molecular weight excluding hydrogens is 194 g/mol. The summed E-state index contributed by atoms with van der Waals surface area (Å²) < 4.78 is 1.98. The van der Waals surface area contributed by atoms with E-state index < -0.39 is 0 Å². The van der Waals surface area contributed by atoms with E-state index in [1.807, 2.05) is 10.6 Å². The van der Waals surface area contributed by atoms with Crippen LogP contribution < -0.4 is 22.1 Å². The Kier molecular flexibility index (Phi) is 1.82. The zero-order chi connectivity index (χ0) is 10.4. The Hall–Kier alpha value is -1.37. The van der Waals surface area contributed by atoms with Crippen molar-refractivity contribution in [1.29, 1.82) is 0 Å². The highest BCUT2D eigenvalue weighted by atomic mass is 16.1. The van der Waals surface area contributed by atoms with Crippen LogP contribution in [0.1, 0.15) is 28.8 Å². The molecule has 0 aromatic carbocycles. The van der Waals surface area contributed by atoms with Gasteiger partial charge in [-0.15, -0.1) is 0 Å². The number of carbonyl (C=O) groups excluding carboxylic acids is 1. The first-order valence-electron chi connectivity index (χ1n) is 5.03. The van der Waals surface area contributed by atoms with Gasteiger partial charge < -0.3 is 10.3 Å². The number of primary amides is 1. The molecule has 1 amide bonds. The van der Waals surface area contributed by atoms with Gasteiger partial charge in [-0.05, 0) is 25.0 Å². The van der Waals surface area contributed by atoms with Crippen LogP contribution in [0.5, 0.6) is 0 Å². The molecule has 2 unspecified atom stereocenters. The van der Waals surface area contributed by atoms with Gasteiger partial charge in [0, 0.05) is 5.69 Å². The van der Waals surface area contributed by atoms with Gasteiger partial charge in [0.05, 0.1) is 6.04 Å². The average molecular weight is 207 g/mol. The highest BCUT2D eigenvalue weighted by molar-refractivity contribution is 5.91. The molecule has 0 radical (unpaired) electrons. The number of aromatic nitrogens is 1. The topological polar surface area (TPSA) is 84.1 Å². The maximum atomic E-state index is 11.3. The van der Waals surface area contributed by atoms with Crippen molar-refractivity contribution in [1.82, 2.24) is 21.0 Å². The molecule has 2 atom stereocenters. The molecule has 2 aliphatic heterocycles. The minimum absolute atomic E-state index is 0.0752. The van der Waals surface area contributed by atoms with Gasteiger partial charge in [-0.1, -0.05) is 0 Å². The number of hydrogen-bond acceptors (Lipinski definition) is 4. The van der Waals surface area contributed by atoms with Crippen LogP contribution in [-0.2, 0) is 6.42 Å². The van der Waals surface area contributed by atoms with E-state index in [2.05, 4.69) is 16.4 Å². The van der Waals surface area contributed by atoms with E-state index in [0.29, 0.717) is 11.7 Å². The smallest absolute Gasteiger partial charge is 0.265 e. The molecule has 5 N–H and O–H groups in total. The molecular formula is C9H13N5O. The van der Waals surface area contributed by atoms with Crippen molar-refractivity contribution in [2.45, 2.75) is 25.0 Å². The van der Waals surface area contributed by atoms with Gasteiger partial charge in [-0.25, -0.2) is 10.9 Å². The van der Waals surface area contributed by atoms with E-state index in [9.17, 15) is 4.79 Å². The predicted octanol–water partition coefficient (Wildman–Crippen LogP) is -0.987. The first-order valence-corrected chi connectivity index (χ1v) is 5.03. The molecule has 80 valence electrons. The maximum Gasteiger partial charge on any atom is 0.265 e. The fourth-order valence-corrected chi connectivity index (χ4v) is 2.39. The predicted molar refractivity (Wildman–Crippen MR) is 53.5 cm³/mol. The van der Waals surface area contributed by atoms with Gasteiger partial charge in [-0.2, -0.15) is 5.53 Å². The molecule has 1 aromatic heterocycles. The summed E-state index contributed by atoms with van der Waals surface area (Å²) in [6.07, 6.45) is 2.09. The highest BCUT2D eigenvalue weighted by Crippen LogP contribution is 2.27. The lowest BCUT2D eigenvalue weighted by Crippen LogP contribution is -2.38. The maximum absolute atomic E-state index is 11.3. The van der Waals surface area contributed by atoms with Crippen LogP contribution in [-0.4, -0.2) is 16.5 Å². The Bertz CT molecular complexity index is 413.